The standard InChI is InChI=1S/C13H27NO2/c1-10(12(14)13(2,3)15)16-9-11-7-5-4-6-8-11/h10-12,15H,4-9,14H2,1-3H3/t10-,12+/m1/s1. The SMILES string of the molecule is C[C@@H](OCC1CCCCC1)[C@H](N)C(C)(C)O. The maximum Gasteiger partial charge on any atom is 0.0767 e. The fraction of sp³-hybridized carbons (Fsp3) is 1.00. The zero-order chi connectivity index (χ0) is 12.2. The Labute approximate surface area is 99.4 Å². The second kappa shape index (κ2) is 5.99. The Morgan fingerprint density at radius 3 is 2.38 bits per heavy atom. The fourth-order valence-corrected chi connectivity index (χ4v) is 2.32. The van der Waals surface area contributed by atoms with Gasteiger partial charge in [0.25, 0.3) is 0 Å². The maximum absolute atomic E-state index is 9.79. The number of hydrogen-bond donors (Lipinski definition) is 2. The van der Waals surface area contributed by atoms with Gasteiger partial charge in [-0.1, -0.05) is 19.3 Å². The molecule has 1 fully saturated rings. The summed E-state index contributed by atoms with van der Waals surface area (Å²) in [6, 6.07) is -0.323. The minimum Gasteiger partial charge on any atom is -0.389 e. The molecule has 0 saturated heterocycles. The van der Waals surface area contributed by atoms with Crippen LogP contribution in [0, 0.1) is 5.92 Å². The Hall–Kier alpha value is -0.120. The number of rotatable bonds is 5. The van der Waals surface area contributed by atoms with Crippen LogP contribution in [0.4, 0.5) is 0 Å². The zero-order valence-electron chi connectivity index (χ0n) is 10.9. The van der Waals surface area contributed by atoms with Gasteiger partial charge in [-0.05, 0) is 39.5 Å². The first-order valence-corrected chi connectivity index (χ1v) is 6.51. The Morgan fingerprint density at radius 1 is 1.31 bits per heavy atom. The van der Waals surface area contributed by atoms with Crippen LogP contribution in [-0.2, 0) is 4.74 Å². The molecule has 2 atom stereocenters. The Morgan fingerprint density at radius 2 is 1.88 bits per heavy atom. The van der Waals surface area contributed by atoms with Gasteiger partial charge in [-0.25, -0.2) is 0 Å². The Balaban J connectivity index is 2.25. The monoisotopic (exact) mass is 229 g/mol. The lowest BCUT2D eigenvalue weighted by Gasteiger charge is -2.32. The summed E-state index contributed by atoms with van der Waals surface area (Å²) in [6.45, 7) is 6.21. The van der Waals surface area contributed by atoms with Crippen LogP contribution in [0.5, 0.6) is 0 Å². The second-order valence-electron chi connectivity index (χ2n) is 5.72. The van der Waals surface area contributed by atoms with E-state index in [9.17, 15) is 5.11 Å². The molecule has 0 heterocycles. The third-order valence-electron chi connectivity index (χ3n) is 3.64. The fourth-order valence-electron chi connectivity index (χ4n) is 2.32. The molecule has 0 aliphatic heterocycles. The van der Waals surface area contributed by atoms with Gasteiger partial charge in [0.2, 0.25) is 0 Å². The van der Waals surface area contributed by atoms with Crippen LogP contribution < -0.4 is 5.73 Å². The van der Waals surface area contributed by atoms with Crippen LogP contribution in [0.15, 0.2) is 0 Å². The first-order valence-electron chi connectivity index (χ1n) is 6.51. The maximum atomic E-state index is 9.79. The van der Waals surface area contributed by atoms with Gasteiger partial charge in [0.15, 0.2) is 0 Å². The Kier molecular flexibility index (Phi) is 5.22. The van der Waals surface area contributed by atoms with Crippen molar-refractivity contribution in [3.63, 3.8) is 0 Å². The number of ether oxygens (including phenoxy) is 1. The van der Waals surface area contributed by atoms with Crippen LogP contribution >= 0.6 is 0 Å². The van der Waals surface area contributed by atoms with E-state index in [1.807, 2.05) is 6.92 Å². The van der Waals surface area contributed by atoms with Crippen LogP contribution in [0.3, 0.4) is 0 Å². The highest BCUT2D eigenvalue weighted by atomic mass is 16.5. The molecule has 16 heavy (non-hydrogen) atoms. The average molecular weight is 229 g/mol. The average Bonchev–Trinajstić information content (AvgIpc) is 2.25. The van der Waals surface area contributed by atoms with E-state index in [-0.39, 0.29) is 12.1 Å². The van der Waals surface area contributed by atoms with E-state index in [2.05, 4.69) is 0 Å². The van der Waals surface area contributed by atoms with Crippen molar-refractivity contribution in [2.24, 2.45) is 11.7 Å². The van der Waals surface area contributed by atoms with Gasteiger partial charge in [-0.2, -0.15) is 0 Å². The third-order valence-corrected chi connectivity index (χ3v) is 3.64. The summed E-state index contributed by atoms with van der Waals surface area (Å²) in [4.78, 5) is 0. The number of hydrogen-bond acceptors (Lipinski definition) is 3. The van der Waals surface area contributed by atoms with Crippen molar-refractivity contribution in [2.45, 2.75) is 70.6 Å². The minimum atomic E-state index is -0.869. The molecule has 3 heteroatoms. The van der Waals surface area contributed by atoms with Crippen LogP contribution in [0.25, 0.3) is 0 Å². The summed E-state index contributed by atoms with van der Waals surface area (Å²) < 4.78 is 5.78. The molecule has 3 nitrogen and oxygen atoms in total. The van der Waals surface area contributed by atoms with E-state index in [4.69, 9.17) is 10.5 Å². The van der Waals surface area contributed by atoms with Crippen LogP contribution in [0.2, 0.25) is 0 Å². The van der Waals surface area contributed by atoms with Crippen molar-refractivity contribution >= 4 is 0 Å². The highest BCUT2D eigenvalue weighted by Crippen LogP contribution is 2.24. The molecule has 0 aromatic rings. The van der Waals surface area contributed by atoms with Gasteiger partial charge >= 0.3 is 0 Å². The summed E-state index contributed by atoms with van der Waals surface area (Å²) in [5.74, 6) is 0.699. The molecule has 0 amide bonds. The summed E-state index contributed by atoms with van der Waals surface area (Å²) in [7, 11) is 0. The Bertz CT molecular complexity index is 195. The predicted octanol–water partition coefficient (Wildman–Crippen LogP) is 2.07. The van der Waals surface area contributed by atoms with E-state index < -0.39 is 5.60 Å². The quantitative estimate of drug-likeness (QED) is 0.759. The molecule has 0 aromatic heterocycles. The van der Waals surface area contributed by atoms with Gasteiger partial charge < -0.3 is 15.6 Å². The molecular weight excluding hydrogens is 202 g/mol. The molecule has 1 aliphatic carbocycles. The van der Waals surface area contributed by atoms with Crippen molar-refractivity contribution in [3.8, 4) is 0 Å². The highest BCUT2D eigenvalue weighted by Gasteiger charge is 2.29. The summed E-state index contributed by atoms with van der Waals surface area (Å²) in [5.41, 5.74) is 5.07. The molecule has 0 spiro atoms. The van der Waals surface area contributed by atoms with Crippen molar-refractivity contribution in [3.05, 3.63) is 0 Å². The van der Waals surface area contributed by atoms with E-state index in [0.29, 0.717) is 5.92 Å². The molecule has 0 unspecified atom stereocenters. The first kappa shape index (κ1) is 13.9. The lowest BCUT2D eigenvalue weighted by molar-refractivity contribution is -0.0443. The molecule has 0 aromatic carbocycles. The van der Waals surface area contributed by atoms with E-state index >= 15 is 0 Å². The van der Waals surface area contributed by atoms with Crippen molar-refractivity contribution in [1.82, 2.24) is 0 Å². The van der Waals surface area contributed by atoms with Crippen LogP contribution in [-0.4, -0.2) is 29.5 Å². The van der Waals surface area contributed by atoms with E-state index in [1.54, 1.807) is 13.8 Å². The molecule has 1 rings (SSSR count). The lowest BCUT2D eigenvalue weighted by atomic mass is 9.90. The third kappa shape index (κ3) is 4.40. The summed E-state index contributed by atoms with van der Waals surface area (Å²) in [6.07, 6.45) is 6.52. The molecule has 96 valence electrons. The summed E-state index contributed by atoms with van der Waals surface area (Å²) in [5, 5.41) is 9.79. The van der Waals surface area contributed by atoms with Crippen molar-refractivity contribution in [1.29, 1.82) is 0 Å². The van der Waals surface area contributed by atoms with Gasteiger partial charge in [-0.3, -0.25) is 0 Å². The molecule has 1 saturated carbocycles. The molecule has 3 N–H and O–H groups in total. The first-order chi connectivity index (χ1) is 7.41. The molecule has 0 radical (unpaired) electrons. The topological polar surface area (TPSA) is 55.5 Å². The van der Waals surface area contributed by atoms with Gasteiger partial charge in [0, 0.05) is 6.61 Å². The normalized spacial score (nSPS) is 23.1. The molecule has 1 aliphatic rings. The zero-order valence-corrected chi connectivity index (χ0v) is 10.9. The van der Waals surface area contributed by atoms with Crippen molar-refractivity contribution in [2.75, 3.05) is 6.61 Å². The second-order valence-corrected chi connectivity index (χ2v) is 5.72. The highest BCUT2D eigenvalue weighted by molar-refractivity contribution is 4.85. The van der Waals surface area contributed by atoms with Gasteiger partial charge in [0.1, 0.15) is 0 Å². The van der Waals surface area contributed by atoms with E-state index in [1.165, 1.54) is 32.1 Å². The van der Waals surface area contributed by atoms with E-state index in [0.717, 1.165) is 6.61 Å². The lowest BCUT2D eigenvalue weighted by Crippen LogP contribution is -2.51. The summed E-state index contributed by atoms with van der Waals surface area (Å²) >= 11 is 0. The minimum absolute atomic E-state index is 0.0815. The van der Waals surface area contributed by atoms with Crippen LogP contribution in [0.1, 0.15) is 52.9 Å². The van der Waals surface area contributed by atoms with Gasteiger partial charge in [-0.15, -0.1) is 0 Å². The number of aliphatic hydroxyl groups is 1. The van der Waals surface area contributed by atoms with Crippen molar-refractivity contribution < 1.29 is 9.84 Å². The number of nitrogens with two attached hydrogens (primary N) is 1. The van der Waals surface area contributed by atoms with Gasteiger partial charge in [0.05, 0.1) is 17.7 Å². The molecular formula is C13H27NO2. The largest absolute Gasteiger partial charge is 0.389 e. The predicted molar refractivity (Wildman–Crippen MR) is 66.3 cm³/mol. The smallest absolute Gasteiger partial charge is 0.0767 e. The molecule has 0 bridgehead atoms.